The van der Waals surface area contributed by atoms with E-state index in [1.807, 2.05) is 54.0 Å². The van der Waals surface area contributed by atoms with Crippen LogP contribution in [0.15, 0.2) is 48.8 Å². The predicted octanol–water partition coefficient (Wildman–Crippen LogP) is 3.55. The number of ether oxygens (including phenoxy) is 1. The van der Waals surface area contributed by atoms with Gasteiger partial charge in [-0.1, -0.05) is 18.2 Å². The normalized spacial score (nSPS) is 15.8. The van der Waals surface area contributed by atoms with Crippen molar-refractivity contribution in [1.82, 2.24) is 20.0 Å². The van der Waals surface area contributed by atoms with Gasteiger partial charge in [-0.05, 0) is 50.1 Å². The highest BCUT2D eigenvalue weighted by atomic mass is 35.5. The van der Waals surface area contributed by atoms with Crippen LogP contribution in [0, 0.1) is 6.92 Å². The van der Waals surface area contributed by atoms with Crippen molar-refractivity contribution in [2.75, 3.05) is 13.1 Å². The van der Waals surface area contributed by atoms with E-state index >= 15 is 0 Å². The number of rotatable bonds is 5. The Morgan fingerprint density at radius 1 is 1.24 bits per heavy atom. The molecule has 1 atom stereocenters. The van der Waals surface area contributed by atoms with Crippen LogP contribution in [0.3, 0.4) is 0 Å². The Balaban J connectivity index is 0.00000150. The van der Waals surface area contributed by atoms with Gasteiger partial charge in [0.1, 0.15) is 18.0 Å². The number of aryl methyl sites for hydroxylation is 1. The van der Waals surface area contributed by atoms with Gasteiger partial charge in [0.25, 0.3) is 5.91 Å². The van der Waals surface area contributed by atoms with Gasteiger partial charge in [-0.15, -0.1) is 24.8 Å². The molecule has 8 heteroatoms. The lowest BCUT2D eigenvalue weighted by Crippen LogP contribution is -2.45. The van der Waals surface area contributed by atoms with Gasteiger partial charge in [-0.3, -0.25) is 4.79 Å². The van der Waals surface area contributed by atoms with Crippen molar-refractivity contribution < 1.29 is 9.53 Å². The lowest BCUT2D eigenvalue weighted by atomic mass is 10.1. The maximum absolute atomic E-state index is 12.7. The number of carbonyl (C=O) groups excluding carboxylic acids is 1. The van der Waals surface area contributed by atoms with Crippen molar-refractivity contribution in [3.05, 3.63) is 65.6 Å². The predicted molar refractivity (Wildman–Crippen MR) is 119 cm³/mol. The van der Waals surface area contributed by atoms with Crippen molar-refractivity contribution in [3.8, 4) is 5.75 Å². The van der Waals surface area contributed by atoms with Gasteiger partial charge < -0.3 is 19.8 Å². The summed E-state index contributed by atoms with van der Waals surface area (Å²) in [6.45, 7) is 4.20. The Labute approximate surface area is 182 Å². The number of halogens is 2. The number of amides is 1. The molecule has 0 aliphatic carbocycles. The molecule has 0 unspecified atom stereocenters. The fourth-order valence-corrected chi connectivity index (χ4v) is 3.40. The van der Waals surface area contributed by atoms with Gasteiger partial charge in [-0.25, -0.2) is 4.98 Å². The van der Waals surface area contributed by atoms with Crippen LogP contribution in [0.25, 0.3) is 5.65 Å². The molecular formula is C21H26Cl2N4O2. The number of benzene rings is 1. The van der Waals surface area contributed by atoms with Crippen LogP contribution in [0.4, 0.5) is 0 Å². The molecule has 156 valence electrons. The average molecular weight is 437 g/mol. The summed E-state index contributed by atoms with van der Waals surface area (Å²) in [4.78, 5) is 17.3. The number of piperidine rings is 1. The number of fused-ring (bicyclic) bond motifs is 1. The minimum Gasteiger partial charge on any atom is -0.486 e. The lowest BCUT2D eigenvalue weighted by Gasteiger charge is -2.24. The second-order valence-corrected chi connectivity index (χ2v) is 7.01. The fourth-order valence-electron chi connectivity index (χ4n) is 3.40. The van der Waals surface area contributed by atoms with Crippen LogP contribution < -0.4 is 15.4 Å². The summed E-state index contributed by atoms with van der Waals surface area (Å²) in [5, 5.41) is 6.41. The topological polar surface area (TPSA) is 67.7 Å². The van der Waals surface area contributed by atoms with Crippen LogP contribution in [-0.2, 0) is 6.61 Å². The average Bonchev–Trinajstić information content (AvgIpc) is 3.09. The van der Waals surface area contributed by atoms with E-state index in [2.05, 4.69) is 15.6 Å². The third kappa shape index (κ3) is 5.63. The zero-order valence-electron chi connectivity index (χ0n) is 16.3. The highest BCUT2D eigenvalue weighted by molar-refractivity contribution is 5.97. The molecule has 1 saturated heterocycles. The van der Waals surface area contributed by atoms with E-state index in [9.17, 15) is 4.79 Å². The minimum atomic E-state index is -0.0927. The largest absolute Gasteiger partial charge is 0.486 e. The van der Waals surface area contributed by atoms with Crippen LogP contribution in [0.5, 0.6) is 5.75 Å². The molecule has 1 aromatic carbocycles. The van der Waals surface area contributed by atoms with Crippen LogP contribution >= 0.6 is 24.8 Å². The summed E-state index contributed by atoms with van der Waals surface area (Å²) < 4.78 is 7.93. The molecule has 4 rings (SSSR count). The monoisotopic (exact) mass is 436 g/mol. The molecule has 1 aliphatic heterocycles. The molecule has 2 N–H and O–H groups in total. The van der Waals surface area contributed by atoms with Crippen molar-refractivity contribution in [2.45, 2.75) is 32.4 Å². The first-order chi connectivity index (χ1) is 13.2. The summed E-state index contributed by atoms with van der Waals surface area (Å²) >= 11 is 0. The van der Waals surface area contributed by atoms with Crippen LogP contribution in [0.1, 0.15) is 34.5 Å². The van der Waals surface area contributed by atoms with Gasteiger partial charge in [0.05, 0.1) is 11.3 Å². The maximum Gasteiger partial charge on any atom is 0.255 e. The number of para-hydroxylation sites is 1. The number of hydrogen-bond acceptors (Lipinski definition) is 4. The van der Waals surface area contributed by atoms with Crippen molar-refractivity contribution in [2.24, 2.45) is 0 Å². The Kier molecular flexibility index (Phi) is 8.32. The Hall–Kier alpha value is -2.28. The molecule has 6 nitrogen and oxygen atoms in total. The second kappa shape index (κ2) is 10.5. The SMILES string of the molecule is Cc1ccc2nc(COc3ccccc3C(=O)N[C@H]3CCCNC3)cn2c1.Cl.Cl. The third-order valence-corrected chi connectivity index (χ3v) is 4.79. The third-order valence-electron chi connectivity index (χ3n) is 4.79. The van der Waals surface area contributed by atoms with E-state index in [0.717, 1.165) is 37.3 Å². The summed E-state index contributed by atoms with van der Waals surface area (Å²) in [6.07, 6.45) is 6.07. The Morgan fingerprint density at radius 3 is 2.86 bits per heavy atom. The molecule has 0 saturated carbocycles. The van der Waals surface area contributed by atoms with Gasteiger partial charge in [-0.2, -0.15) is 0 Å². The highest BCUT2D eigenvalue weighted by Gasteiger charge is 2.19. The molecule has 3 heterocycles. The van der Waals surface area contributed by atoms with Crippen LogP contribution in [-0.4, -0.2) is 34.4 Å². The molecule has 2 aromatic heterocycles. The Morgan fingerprint density at radius 2 is 2.07 bits per heavy atom. The molecule has 1 fully saturated rings. The van der Waals surface area contributed by atoms with Gasteiger partial charge >= 0.3 is 0 Å². The van der Waals surface area contributed by atoms with E-state index in [4.69, 9.17) is 4.74 Å². The first-order valence-electron chi connectivity index (χ1n) is 9.37. The molecule has 1 aliphatic rings. The van der Waals surface area contributed by atoms with E-state index in [0.29, 0.717) is 17.9 Å². The number of nitrogens with one attached hydrogen (secondary N) is 2. The van der Waals surface area contributed by atoms with E-state index in [1.54, 1.807) is 6.07 Å². The molecule has 0 spiro atoms. The van der Waals surface area contributed by atoms with Gasteiger partial charge in [0, 0.05) is 25.0 Å². The van der Waals surface area contributed by atoms with Gasteiger partial charge in [0.15, 0.2) is 0 Å². The van der Waals surface area contributed by atoms with Gasteiger partial charge in [0.2, 0.25) is 0 Å². The van der Waals surface area contributed by atoms with E-state index < -0.39 is 0 Å². The molecular weight excluding hydrogens is 411 g/mol. The Bertz CT molecular complexity index is 955. The van der Waals surface area contributed by atoms with E-state index in [-0.39, 0.29) is 36.8 Å². The summed E-state index contributed by atoms with van der Waals surface area (Å²) in [5.41, 5.74) is 3.44. The zero-order valence-corrected chi connectivity index (χ0v) is 17.9. The van der Waals surface area contributed by atoms with Crippen molar-refractivity contribution >= 4 is 36.4 Å². The van der Waals surface area contributed by atoms with Crippen molar-refractivity contribution in [1.29, 1.82) is 0 Å². The number of aromatic nitrogens is 2. The minimum absolute atomic E-state index is 0. The summed E-state index contributed by atoms with van der Waals surface area (Å²) in [5.74, 6) is 0.483. The number of carbonyl (C=O) groups is 1. The first kappa shape index (κ1) is 23.0. The summed E-state index contributed by atoms with van der Waals surface area (Å²) in [6, 6.07) is 11.5. The number of pyridine rings is 1. The number of nitrogens with zero attached hydrogens (tertiary/aromatic N) is 2. The van der Waals surface area contributed by atoms with Crippen LogP contribution in [0.2, 0.25) is 0 Å². The second-order valence-electron chi connectivity index (χ2n) is 7.01. The molecule has 0 bridgehead atoms. The van der Waals surface area contributed by atoms with Crippen molar-refractivity contribution in [3.63, 3.8) is 0 Å². The quantitative estimate of drug-likeness (QED) is 0.641. The maximum atomic E-state index is 12.7. The lowest BCUT2D eigenvalue weighted by molar-refractivity contribution is 0.0926. The zero-order chi connectivity index (χ0) is 18.6. The van der Waals surface area contributed by atoms with E-state index in [1.165, 1.54) is 5.56 Å². The standard InChI is InChI=1S/C21H24N4O2.2ClH/c1-15-8-9-20-23-17(13-25(20)12-15)14-27-19-7-3-2-6-18(19)21(26)24-16-5-4-10-22-11-16;;/h2-3,6-9,12-13,16,22H,4-5,10-11,14H2,1H3,(H,24,26);2*1H/t16-;;/m0../s1. The molecule has 29 heavy (non-hydrogen) atoms. The molecule has 3 aromatic rings. The smallest absolute Gasteiger partial charge is 0.255 e. The number of imidazole rings is 1. The fraction of sp³-hybridized carbons (Fsp3) is 0.333. The highest BCUT2D eigenvalue weighted by Crippen LogP contribution is 2.20. The number of hydrogen-bond donors (Lipinski definition) is 2. The summed E-state index contributed by atoms with van der Waals surface area (Å²) in [7, 11) is 0. The molecule has 0 radical (unpaired) electrons. The first-order valence-corrected chi connectivity index (χ1v) is 9.37. The molecule has 1 amide bonds.